The number of alkyl halides is 3. The van der Waals surface area contributed by atoms with Gasteiger partial charge in [0.05, 0.1) is 16.8 Å². The molecule has 3 rings (SSSR count). The summed E-state index contributed by atoms with van der Waals surface area (Å²) in [5.74, 6) is 0.829. The van der Waals surface area contributed by atoms with Crippen molar-refractivity contribution in [2.45, 2.75) is 33.2 Å². The summed E-state index contributed by atoms with van der Waals surface area (Å²) in [4.78, 5) is 12.6. The van der Waals surface area contributed by atoms with Crippen LogP contribution in [0.25, 0.3) is 0 Å². The van der Waals surface area contributed by atoms with E-state index in [4.69, 9.17) is 9.26 Å². The Bertz CT molecular complexity index is 1010. The fourth-order valence-electron chi connectivity index (χ4n) is 2.78. The molecule has 164 valence electrons. The summed E-state index contributed by atoms with van der Waals surface area (Å²) in [7, 11) is 0. The lowest BCUT2D eigenvalue weighted by Crippen LogP contribution is -2.23. The second-order valence-corrected chi connectivity index (χ2v) is 6.82. The van der Waals surface area contributed by atoms with E-state index < -0.39 is 12.8 Å². The number of hydrogen-bond acceptors (Lipinski definition) is 5. The molecule has 0 aliphatic rings. The summed E-state index contributed by atoms with van der Waals surface area (Å²) < 4.78 is 52.2. The van der Waals surface area contributed by atoms with Crippen LogP contribution >= 0.6 is 0 Å². The highest BCUT2D eigenvalue weighted by atomic mass is 19.4. The van der Waals surface area contributed by atoms with Crippen molar-refractivity contribution in [2.24, 2.45) is 0 Å². The van der Waals surface area contributed by atoms with Crippen LogP contribution in [0.5, 0.6) is 11.5 Å². The number of aryl methyl sites for hydroxylation is 2. The molecule has 1 amide bonds. The molecule has 1 heterocycles. The van der Waals surface area contributed by atoms with Crippen LogP contribution in [-0.2, 0) is 13.2 Å². The summed E-state index contributed by atoms with van der Waals surface area (Å²) in [6.45, 7) is 2.65. The zero-order valence-electron chi connectivity index (χ0n) is 17.0. The van der Waals surface area contributed by atoms with E-state index in [0.29, 0.717) is 22.6 Å². The van der Waals surface area contributed by atoms with Crippen molar-refractivity contribution in [3.05, 3.63) is 76.7 Å². The Morgan fingerprint density at radius 2 is 1.77 bits per heavy atom. The third-order valence-electron chi connectivity index (χ3n) is 4.46. The van der Waals surface area contributed by atoms with Crippen molar-refractivity contribution in [1.82, 2.24) is 10.5 Å². The molecule has 0 spiro atoms. The van der Waals surface area contributed by atoms with Gasteiger partial charge in [-0.25, -0.2) is 0 Å². The van der Waals surface area contributed by atoms with Crippen LogP contribution in [0, 0.1) is 13.8 Å². The number of ether oxygens (including phenoxy) is 2. The lowest BCUT2D eigenvalue weighted by molar-refractivity contribution is -0.153. The van der Waals surface area contributed by atoms with Crippen molar-refractivity contribution in [3.8, 4) is 11.5 Å². The molecule has 1 aromatic heterocycles. The molecule has 0 saturated heterocycles. The SMILES string of the molecule is Cc1noc(C)c1COc1ccccc1C(=O)NCc1ccc(OCC(F)(F)F)cc1. The van der Waals surface area contributed by atoms with Crippen LogP contribution in [0.1, 0.15) is 32.9 Å². The van der Waals surface area contributed by atoms with Crippen molar-refractivity contribution in [3.63, 3.8) is 0 Å². The Labute approximate surface area is 177 Å². The summed E-state index contributed by atoms with van der Waals surface area (Å²) >= 11 is 0. The fourth-order valence-corrected chi connectivity index (χ4v) is 2.78. The number of para-hydroxylation sites is 1. The molecule has 6 nitrogen and oxygen atoms in total. The smallest absolute Gasteiger partial charge is 0.422 e. The molecular formula is C22H21F3N2O4. The first-order valence-electron chi connectivity index (χ1n) is 9.43. The minimum absolute atomic E-state index is 0.102. The summed E-state index contributed by atoms with van der Waals surface area (Å²) in [5.41, 5.74) is 2.62. The number of nitrogens with one attached hydrogen (secondary N) is 1. The zero-order valence-corrected chi connectivity index (χ0v) is 17.0. The van der Waals surface area contributed by atoms with Crippen LogP contribution in [-0.4, -0.2) is 23.8 Å². The first-order valence-corrected chi connectivity index (χ1v) is 9.43. The summed E-state index contributed by atoms with van der Waals surface area (Å²) in [6, 6.07) is 12.9. The van der Waals surface area contributed by atoms with Crippen molar-refractivity contribution in [1.29, 1.82) is 0 Å². The Hall–Kier alpha value is -3.49. The van der Waals surface area contributed by atoms with Crippen LogP contribution < -0.4 is 14.8 Å². The monoisotopic (exact) mass is 434 g/mol. The van der Waals surface area contributed by atoms with Gasteiger partial charge in [0.2, 0.25) is 0 Å². The zero-order chi connectivity index (χ0) is 22.4. The van der Waals surface area contributed by atoms with E-state index in [2.05, 4.69) is 15.2 Å². The summed E-state index contributed by atoms with van der Waals surface area (Å²) in [5, 5.41) is 6.66. The minimum Gasteiger partial charge on any atom is -0.488 e. The molecule has 1 N–H and O–H groups in total. The molecule has 0 aliphatic heterocycles. The molecule has 31 heavy (non-hydrogen) atoms. The van der Waals surface area contributed by atoms with Crippen LogP contribution in [0.4, 0.5) is 13.2 Å². The van der Waals surface area contributed by atoms with Crippen LogP contribution in [0.3, 0.4) is 0 Å². The van der Waals surface area contributed by atoms with Gasteiger partial charge in [0.25, 0.3) is 5.91 Å². The molecule has 0 saturated carbocycles. The normalized spacial score (nSPS) is 11.3. The van der Waals surface area contributed by atoms with Gasteiger partial charge in [-0.2, -0.15) is 13.2 Å². The van der Waals surface area contributed by atoms with Gasteiger partial charge in [-0.05, 0) is 43.7 Å². The Morgan fingerprint density at radius 3 is 2.42 bits per heavy atom. The highest BCUT2D eigenvalue weighted by Crippen LogP contribution is 2.22. The molecule has 0 unspecified atom stereocenters. The van der Waals surface area contributed by atoms with Gasteiger partial charge in [-0.15, -0.1) is 0 Å². The maximum absolute atomic E-state index is 12.6. The maximum atomic E-state index is 12.6. The lowest BCUT2D eigenvalue weighted by atomic mass is 10.1. The molecule has 0 fully saturated rings. The topological polar surface area (TPSA) is 73.6 Å². The van der Waals surface area contributed by atoms with Crippen molar-refractivity contribution >= 4 is 5.91 Å². The maximum Gasteiger partial charge on any atom is 0.422 e. The first-order chi connectivity index (χ1) is 14.7. The minimum atomic E-state index is -4.40. The molecule has 2 aromatic carbocycles. The van der Waals surface area contributed by atoms with E-state index in [9.17, 15) is 18.0 Å². The predicted octanol–water partition coefficient (Wildman–Crippen LogP) is 4.74. The molecule has 0 aliphatic carbocycles. The first kappa shape index (κ1) is 22.2. The third-order valence-corrected chi connectivity index (χ3v) is 4.46. The average Bonchev–Trinajstić information content (AvgIpc) is 3.06. The number of rotatable bonds is 8. The van der Waals surface area contributed by atoms with E-state index >= 15 is 0 Å². The largest absolute Gasteiger partial charge is 0.488 e. The fraction of sp³-hybridized carbons (Fsp3) is 0.273. The van der Waals surface area contributed by atoms with E-state index in [1.165, 1.54) is 12.1 Å². The number of hydrogen-bond donors (Lipinski definition) is 1. The van der Waals surface area contributed by atoms with Gasteiger partial charge in [-0.3, -0.25) is 4.79 Å². The van der Waals surface area contributed by atoms with Gasteiger partial charge in [0.15, 0.2) is 6.61 Å². The van der Waals surface area contributed by atoms with Gasteiger partial charge in [0, 0.05) is 6.54 Å². The second kappa shape index (κ2) is 9.55. The molecule has 0 radical (unpaired) electrons. The Morgan fingerprint density at radius 1 is 1.06 bits per heavy atom. The second-order valence-electron chi connectivity index (χ2n) is 6.82. The van der Waals surface area contributed by atoms with Crippen LogP contribution in [0.15, 0.2) is 53.1 Å². The van der Waals surface area contributed by atoms with E-state index in [0.717, 1.165) is 11.3 Å². The van der Waals surface area contributed by atoms with Gasteiger partial charge in [0.1, 0.15) is 23.9 Å². The number of benzene rings is 2. The number of nitrogens with zero attached hydrogens (tertiary/aromatic N) is 1. The highest BCUT2D eigenvalue weighted by molar-refractivity contribution is 5.96. The van der Waals surface area contributed by atoms with Crippen LogP contribution in [0.2, 0.25) is 0 Å². The molecule has 0 atom stereocenters. The van der Waals surface area contributed by atoms with E-state index in [-0.39, 0.29) is 24.8 Å². The van der Waals surface area contributed by atoms with Crippen molar-refractivity contribution in [2.75, 3.05) is 6.61 Å². The van der Waals surface area contributed by atoms with Gasteiger partial charge < -0.3 is 19.3 Å². The molecular weight excluding hydrogens is 413 g/mol. The van der Waals surface area contributed by atoms with Gasteiger partial charge in [-0.1, -0.05) is 29.4 Å². The van der Waals surface area contributed by atoms with Crippen molar-refractivity contribution < 1.29 is 32.0 Å². The van der Waals surface area contributed by atoms with E-state index in [1.807, 2.05) is 6.92 Å². The van der Waals surface area contributed by atoms with E-state index in [1.54, 1.807) is 43.3 Å². The Balaban J connectivity index is 1.58. The third kappa shape index (κ3) is 6.24. The number of carbonyl (C=O) groups is 1. The highest BCUT2D eigenvalue weighted by Gasteiger charge is 2.28. The molecule has 0 bridgehead atoms. The average molecular weight is 434 g/mol. The number of aromatic nitrogens is 1. The standard InChI is InChI=1S/C22H21F3N2O4/c1-14-19(15(2)31-27-14)12-29-20-6-4-3-5-18(20)21(28)26-11-16-7-9-17(10-8-16)30-13-22(23,24)25/h3-10H,11-13H2,1-2H3,(H,26,28). The Kier molecular flexibility index (Phi) is 6.84. The number of amides is 1. The quantitative estimate of drug-likeness (QED) is 0.554. The van der Waals surface area contributed by atoms with Gasteiger partial charge >= 0.3 is 6.18 Å². The predicted molar refractivity (Wildman–Crippen MR) is 106 cm³/mol. The number of halogens is 3. The summed E-state index contributed by atoms with van der Waals surface area (Å²) in [6.07, 6.45) is -4.40. The number of carbonyl (C=O) groups excluding carboxylic acids is 1. The molecule has 9 heteroatoms. The molecule has 3 aromatic rings. The lowest BCUT2D eigenvalue weighted by Gasteiger charge is -2.12.